The van der Waals surface area contributed by atoms with Gasteiger partial charge in [-0.2, -0.15) is 0 Å². The number of ketones is 3. The number of Topliss-reactive ketones (excluding diaryl/α,β-unsaturated/α-hetero) is 1. The predicted octanol–water partition coefficient (Wildman–Crippen LogP) is 5.26. The van der Waals surface area contributed by atoms with Gasteiger partial charge in [0, 0.05) is 33.8 Å². The lowest BCUT2D eigenvalue weighted by atomic mass is 9.59. The Hall–Kier alpha value is -5.17. The van der Waals surface area contributed by atoms with Crippen LogP contribution in [0, 0.1) is 17.8 Å². The second-order valence-corrected chi connectivity index (χ2v) is 11.6. The van der Waals surface area contributed by atoms with Crippen LogP contribution in [0.2, 0.25) is 0 Å². The van der Waals surface area contributed by atoms with Gasteiger partial charge in [-0.15, -0.1) is 0 Å². The van der Waals surface area contributed by atoms with Crippen molar-refractivity contribution in [3.63, 3.8) is 0 Å². The first-order chi connectivity index (χ1) is 20.7. The van der Waals surface area contributed by atoms with Gasteiger partial charge >= 0.3 is 0 Å². The molecule has 0 aromatic heterocycles. The van der Waals surface area contributed by atoms with Crippen molar-refractivity contribution in [2.45, 2.75) is 25.7 Å². The van der Waals surface area contributed by atoms with E-state index in [1.807, 2.05) is 12.1 Å². The molecule has 7 rings (SSSR count). The molecule has 3 aromatic carbocycles. The number of hydrogen-bond donors (Lipinski definition) is 1. The molecule has 3 aliphatic carbocycles. The molecule has 1 aliphatic heterocycles. The average Bonchev–Trinajstić information content (AvgIpc) is 3.29. The summed E-state index contributed by atoms with van der Waals surface area (Å²) in [5.74, 6) is -3.47. The number of aromatic hydroxyl groups is 1. The minimum Gasteiger partial charge on any atom is -0.508 e. The highest BCUT2D eigenvalue weighted by Gasteiger charge is 2.56. The molecular weight excluding hydrogens is 542 g/mol. The van der Waals surface area contributed by atoms with E-state index in [0.29, 0.717) is 40.0 Å². The van der Waals surface area contributed by atoms with Gasteiger partial charge in [0.2, 0.25) is 11.8 Å². The van der Waals surface area contributed by atoms with Crippen molar-refractivity contribution in [1.82, 2.24) is 0 Å². The minimum atomic E-state index is -0.693. The first-order valence-electron chi connectivity index (χ1n) is 14.3. The van der Waals surface area contributed by atoms with Gasteiger partial charge in [0.1, 0.15) is 5.75 Å². The fraction of sp³-hybridized carbons (Fsp3) is 0.194. The summed E-state index contributed by atoms with van der Waals surface area (Å²) in [4.78, 5) is 68.7. The molecule has 4 atom stereocenters. The van der Waals surface area contributed by atoms with Crippen LogP contribution in [0.15, 0.2) is 113 Å². The molecule has 1 saturated heterocycles. The molecule has 212 valence electrons. The molecule has 1 fully saturated rings. The highest BCUT2D eigenvalue weighted by atomic mass is 16.3. The van der Waals surface area contributed by atoms with Crippen LogP contribution in [-0.4, -0.2) is 34.3 Å². The summed E-state index contributed by atoms with van der Waals surface area (Å²) >= 11 is 0. The number of nitrogens with zero attached hydrogens (tertiary/aromatic N) is 1. The normalized spacial score (nSPS) is 24.7. The van der Waals surface area contributed by atoms with Gasteiger partial charge in [-0.1, -0.05) is 54.1 Å². The van der Waals surface area contributed by atoms with Gasteiger partial charge < -0.3 is 5.11 Å². The third-order valence-electron chi connectivity index (χ3n) is 9.21. The molecule has 0 spiro atoms. The molecule has 1 heterocycles. The molecule has 1 N–H and O–H groups in total. The van der Waals surface area contributed by atoms with Gasteiger partial charge in [0.15, 0.2) is 17.3 Å². The molecule has 3 aromatic rings. The third-order valence-corrected chi connectivity index (χ3v) is 9.21. The molecule has 0 saturated carbocycles. The minimum absolute atomic E-state index is 0.0776. The highest BCUT2D eigenvalue weighted by Crippen LogP contribution is 2.55. The van der Waals surface area contributed by atoms with Crippen LogP contribution in [0.3, 0.4) is 0 Å². The molecular formula is C36H27NO6. The summed E-state index contributed by atoms with van der Waals surface area (Å²) < 4.78 is 0. The van der Waals surface area contributed by atoms with Crippen molar-refractivity contribution in [3.05, 3.63) is 130 Å². The third kappa shape index (κ3) is 4.14. The van der Waals surface area contributed by atoms with Gasteiger partial charge in [-0.3, -0.25) is 28.9 Å². The zero-order valence-corrected chi connectivity index (χ0v) is 23.3. The van der Waals surface area contributed by atoms with E-state index in [2.05, 4.69) is 0 Å². The Morgan fingerprint density at radius 1 is 0.814 bits per heavy atom. The number of phenolic OH excluding ortho intramolecular Hbond substituents is 1. The zero-order chi connectivity index (χ0) is 30.0. The second-order valence-electron chi connectivity index (χ2n) is 11.6. The zero-order valence-electron chi connectivity index (χ0n) is 23.3. The van der Waals surface area contributed by atoms with Gasteiger partial charge in [0.25, 0.3) is 0 Å². The summed E-state index contributed by atoms with van der Waals surface area (Å²) in [6, 6.07) is 21.9. The number of carbonyl (C=O) groups is 5. The lowest BCUT2D eigenvalue weighted by molar-refractivity contribution is -0.123. The van der Waals surface area contributed by atoms with Crippen LogP contribution < -0.4 is 4.90 Å². The monoisotopic (exact) mass is 569 g/mol. The number of carbonyl (C=O) groups excluding carboxylic acids is 5. The van der Waals surface area contributed by atoms with E-state index in [1.165, 1.54) is 11.0 Å². The standard InChI is InChI=1S/C36H27NO6/c1-19-17-29(39)28-18-27-25(30(32(28)33(19)40)20-9-13-24(38)14-10-20)15-16-26-31(27)36(43)37(35(26)42)23-11-7-22(8-12-23)34(41)21-5-3-2-4-6-21/h2-15,17,26-27,30-31,38H,16,18H2,1H3. The average molecular weight is 570 g/mol. The number of hydrogen-bond acceptors (Lipinski definition) is 6. The Morgan fingerprint density at radius 3 is 2.19 bits per heavy atom. The molecule has 7 heteroatoms. The number of imide groups is 1. The first-order valence-corrected chi connectivity index (χ1v) is 14.3. The van der Waals surface area contributed by atoms with E-state index in [9.17, 15) is 29.1 Å². The summed E-state index contributed by atoms with van der Waals surface area (Å²) in [6.45, 7) is 1.63. The molecule has 7 nitrogen and oxygen atoms in total. The van der Waals surface area contributed by atoms with Crippen molar-refractivity contribution in [1.29, 1.82) is 0 Å². The number of anilines is 1. The van der Waals surface area contributed by atoms with Crippen LogP contribution in [-0.2, 0) is 19.2 Å². The van der Waals surface area contributed by atoms with Crippen LogP contribution in [0.25, 0.3) is 0 Å². The van der Waals surface area contributed by atoms with Crippen molar-refractivity contribution < 1.29 is 29.1 Å². The molecule has 4 unspecified atom stereocenters. The number of fused-ring (bicyclic) bond motifs is 3. The Morgan fingerprint density at radius 2 is 1.49 bits per heavy atom. The Labute approximate surface area is 247 Å². The number of allylic oxidation sites excluding steroid dienone is 6. The van der Waals surface area contributed by atoms with E-state index in [0.717, 1.165) is 11.1 Å². The quantitative estimate of drug-likeness (QED) is 0.199. The summed E-state index contributed by atoms with van der Waals surface area (Å²) in [5.41, 5.74) is 4.15. The first kappa shape index (κ1) is 26.7. The summed E-state index contributed by atoms with van der Waals surface area (Å²) in [6.07, 6.45) is 3.85. The summed E-state index contributed by atoms with van der Waals surface area (Å²) in [7, 11) is 0. The van der Waals surface area contributed by atoms with Gasteiger partial charge in [0.05, 0.1) is 17.5 Å². The lowest BCUT2D eigenvalue weighted by Gasteiger charge is -2.42. The second kappa shape index (κ2) is 9.98. The molecule has 2 amide bonds. The smallest absolute Gasteiger partial charge is 0.238 e. The summed E-state index contributed by atoms with van der Waals surface area (Å²) in [5, 5.41) is 9.92. The van der Waals surface area contributed by atoms with Crippen LogP contribution in [0.1, 0.15) is 47.2 Å². The Bertz CT molecular complexity index is 1830. The molecule has 0 radical (unpaired) electrons. The van der Waals surface area contributed by atoms with Crippen molar-refractivity contribution in [2.75, 3.05) is 4.90 Å². The molecule has 43 heavy (non-hydrogen) atoms. The highest BCUT2D eigenvalue weighted by molar-refractivity contribution is 6.25. The predicted molar refractivity (Wildman–Crippen MR) is 158 cm³/mol. The van der Waals surface area contributed by atoms with E-state index >= 15 is 0 Å². The maximum atomic E-state index is 14.1. The van der Waals surface area contributed by atoms with E-state index in [4.69, 9.17) is 0 Å². The van der Waals surface area contributed by atoms with Crippen molar-refractivity contribution in [2.24, 2.45) is 17.8 Å². The number of rotatable bonds is 4. The van der Waals surface area contributed by atoms with Gasteiger partial charge in [-0.25, -0.2) is 0 Å². The maximum Gasteiger partial charge on any atom is 0.238 e. The largest absolute Gasteiger partial charge is 0.508 e. The SMILES string of the molecule is CC1=CC(=O)C2=C(C1=O)C(c1ccc(O)cc1)C1=CCC3C(=O)N(c4ccc(C(=O)c5ccccc5)cc4)C(=O)C3C1C2. The molecule has 0 bridgehead atoms. The Kier molecular flexibility index (Phi) is 6.20. The van der Waals surface area contributed by atoms with E-state index in [-0.39, 0.29) is 41.3 Å². The Balaban J connectivity index is 1.25. The topological polar surface area (TPSA) is 109 Å². The van der Waals surface area contributed by atoms with E-state index in [1.54, 1.807) is 79.7 Å². The van der Waals surface area contributed by atoms with Crippen LogP contribution in [0.4, 0.5) is 5.69 Å². The van der Waals surface area contributed by atoms with E-state index < -0.39 is 23.7 Å². The van der Waals surface area contributed by atoms with Crippen LogP contribution >= 0.6 is 0 Å². The maximum absolute atomic E-state index is 14.1. The lowest BCUT2D eigenvalue weighted by Crippen LogP contribution is -2.39. The fourth-order valence-electron chi connectivity index (χ4n) is 7.18. The number of phenols is 1. The van der Waals surface area contributed by atoms with Crippen molar-refractivity contribution in [3.8, 4) is 5.75 Å². The van der Waals surface area contributed by atoms with Crippen molar-refractivity contribution >= 4 is 34.9 Å². The fourth-order valence-corrected chi connectivity index (χ4v) is 7.18. The van der Waals surface area contributed by atoms with Crippen LogP contribution in [0.5, 0.6) is 5.75 Å². The number of amides is 2. The van der Waals surface area contributed by atoms with Gasteiger partial charge in [-0.05, 0) is 73.7 Å². The number of benzene rings is 3. The molecule has 4 aliphatic rings.